The van der Waals surface area contributed by atoms with Crippen LogP contribution < -0.4 is 5.32 Å². The quantitative estimate of drug-likeness (QED) is 0.335. The summed E-state index contributed by atoms with van der Waals surface area (Å²) < 4.78 is 31.7. The summed E-state index contributed by atoms with van der Waals surface area (Å²) >= 11 is 0. The van der Waals surface area contributed by atoms with Gasteiger partial charge in [-0.3, -0.25) is 4.79 Å². The first-order valence-electron chi connectivity index (χ1n) is 3.98. The maximum atomic E-state index is 10.9. The van der Waals surface area contributed by atoms with Crippen LogP contribution in [-0.4, -0.2) is 30.3 Å². The number of benzene rings is 1. The summed E-state index contributed by atoms with van der Waals surface area (Å²) in [4.78, 5) is 10.5. The SMILES string of the molecule is O=C(C=NO)Nc1ccc(S(=O)(=O)[O-])cc1. The highest BCUT2D eigenvalue weighted by molar-refractivity contribution is 7.85. The van der Waals surface area contributed by atoms with Crippen molar-refractivity contribution in [1.29, 1.82) is 0 Å². The molecule has 0 aliphatic carbocycles. The third-order valence-electron chi connectivity index (χ3n) is 1.59. The van der Waals surface area contributed by atoms with Crippen molar-refractivity contribution < 1.29 is 23.0 Å². The highest BCUT2D eigenvalue weighted by Crippen LogP contribution is 2.13. The summed E-state index contributed by atoms with van der Waals surface area (Å²) in [6.07, 6.45) is 0.637. The normalized spacial score (nSPS) is 11.6. The highest BCUT2D eigenvalue weighted by Gasteiger charge is 2.02. The average molecular weight is 243 g/mol. The largest absolute Gasteiger partial charge is 0.744 e. The minimum atomic E-state index is -4.49. The molecule has 0 saturated carbocycles. The molecule has 8 heteroatoms. The summed E-state index contributed by atoms with van der Waals surface area (Å²) in [5.41, 5.74) is 0.275. The van der Waals surface area contributed by atoms with Crippen LogP contribution in [0.1, 0.15) is 0 Å². The highest BCUT2D eigenvalue weighted by atomic mass is 32.2. The summed E-state index contributed by atoms with van der Waals surface area (Å²) in [5, 5.41) is 12.8. The third-order valence-corrected chi connectivity index (χ3v) is 2.44. The van der Waals surface area contributed by atoms with Crippen LogP contribution >= 0.6 is 0 Å². The minimum Gasteiger partial charge on any atom is -0.744 e. The Morgan fingerprint density at radius 2 is 1.94 bits per heavy atom. The van der Waals surface area contributed by atoms with E-state index in [-0.39, 0.29) is 10.6 Å². The van der Waals surface area contributed by atoms with Gasteiger partial charge in [-0.2, -0.15) is 0 Å². The fourth-order valence-corrected chi connectivity index (χ4v) is 1.40. The lowest BCUT2D eigenvalue weighted by molar-refractivity contribution is -0.110. The molecule has 0 bridgehead atoms. The number of anilines is 1. The lowest BCUT2D eigenvalue weighted by Crippen LogP contribution is -2.12. The number of amides is 1. The van der Waals surface area contributed by atoms with Crippen LogP contribution in [0.5, 0.6) is 0 Å². The van der Waals surface area contributed by atoms with Crippen molar-refractivity contribution in [3.63, 3.8) is 0 Å². The summed E-state index contributed by atoms with van der Waals surface area (Å²) in [5.74, 6) is -0.680. The monoisotopic (exact) mass is 243 g/mol. The number of hydrogen-bond donors (Lipinski definition) is 2. The fourth-order valence-electron chi connectivity index (χ4n) is 0.932. The van der Waals surface area contributed by atoms with E-state index in [2.05, 4.69) is 10.5 Å². The van der Waals surface area contributed by atoms with E-state index in [1.807, 2.05) is 0 Å². The standard InChI is InChI=1S/C8H8N2O5S/c11-8(5-9-12)10-6-1-3-7(4-2-6)16(13,14)15/h1-5,12H,(H,10,11)(H,13,14,15)/p-1. The Bertz CT molecular complexity index is 506. The van der Waals surface area contributed by atoms with E-state index >= 15 is 0 Å². The smallest absolute Gasteiger partial charge is 0.270 e. The van der Waals surface area contributed by atoms with E-state index in [4.69, 9.17) is 5.21 Å². The zero-order valence-corrected chi connectivity index (χ0v) is 8.64. The number of oxime groups is 1. The molecule has 2 N–H and O–H groups in total. The second-order valence-electron chi connectivity index (χ2n) is 2.71. The van der Waals surface area contributed by atoms with Gasteiger partial charge in [-0.25, -0.2) is 8.42 Å². The minimum absolute atomic E-state index is 0.275. The van der Waals surface area contributed by atoms with Gasteiger partial charge in [0.05, 0.1) is 4.90 Å². The van der Waals surface area contributed by atoms with Crippen LogP contribution in [0.15, 0.2) is 34.3 Å². The lowest BCUT2D eigenvalue weighted by Gasteiger charge is -2.07. The van der Waals surface area contributed by atoms with E-state index in [1.165, 1.54) is 12.1 Å². The summed E-state index contributed by atoms with van der Waals surface area (Å²) in [6.45, 7) is 0. The molecule has 0 aliphatic rings. The van der Waals surface area contributed by atoms with Crippen LogP contribution in [0.3, 0.4) is 0 Å². The Kier molecular flexibility index (Phi) is 3.59. The van der Waals surface area contributed by atoms with E-state index in [9.17, 15) is 17.8 Å². The number of carbonyl (C=O) groups is 1. The van der Waals surface area contributed by atoms with E-state index in [0.717, 1.165) is 12.1 Å². The molecule has 0 saturated heterocycles. The molecular weight excluding hydrogens is 236 g/mol. The van der Waals surface area contributed by atoms with Crippen molar-refractivity contribution in [2.75, 3.05) is 5.32 Å². The van der Waals surface area contributed by atoms with Crippen molar-refractivity contribution in [1.82, 2.24) is 0 Å². The first-order chi connectivity index (χ1) is 7.43. The zero-order chi connectivity index (χ0) is 12.2. The number of carbonyl (C=O) groups excluding carboxylic acids is 1. The van der Waals surface area contributed by atoms with Gasteiger partial charge in [-0.15, -0.1) is 0 Å². The Balaban J connectivity index is 2.84. The molecule has 1 rings (SSSR count). The maximum absolute atomic E-state index is 10.9. The average Bonchev–Trinajstić information content (AvgIpc) is 2.17. The molecule has 0 spiro atoms. The first-order valence-corrected chi connectivity index (χ1v) is 5.38. The van der Waals surface area contributed by atoms with Gasteiger partial charge in [0, 0.05) is 5.69 Å². The molecule has 0 heterocycles. The van der Waals surface area contributed by atoms with Gasteiger partial charge >= 0.3 is 0 Å². The maximum Gasteiger partial charge on any atom is 0.270 e. The predicted molar refractivity (Wildman–Crippen MR) is 53.3 cm³/mol. The van der Waals surface area contributed by atoms with Gasteiger partial charge in [0.15, 0.2) is 0 Å². The Labute approximate surface area is 91.1 Å². The van der Waals surface area contributed by atoms with Gasteiger partial charge in [0.25, 0.3) is 5.91 Å². The van der Waals surface area contributed by atoms with Crippen molar-refractivity contribution in [2.45, 2.75) is 4.90 Å². The van der Waals surface area contributed by atoms with E-state index in [0.29, 0.717) is 6.21 Å². The van der Waals surface area contributed by atoms with Crippen LogP contribution in [0.4, 0.5) is 5.69 Å². The molecule has 1 aromatic rings. The van der Waals surface area contributed by atoms with Gasteiger partial charge in [0.1, 0.15) is 16.3 Å². The Morgan fingerprint density at radius 1 is 1.38 bits per heavy atom. The lowest BCUT2D eigenvalue weighted by atomic mass is 10.3. The van der Waals surface area contributed by atoms with Crippen LogP contribution in [-0.2, 0) is 14.9 Å². The number of nitrogens with zero attached hydrogens (tertiary/aromatic N) is 1. The Morgan fingerprint density at radius 3 is 2.38 bits per heavy atom. The molecule has 0 unspecified atom stereocenters. The number of hydrogen-bond acceptors (Lipinski definition) is 6. The molecule has 1 amide bonds. The van der Waals surface area contributed by atoms with Crippen LogP contribution in [0.25, 0.3) is 0 Å². The molecular formula is C8H7N2O5S-. The van der Waals surface area contributed by atoms with Crippen LogP contribution in [0.2, 0.25) is 0 Å². The molecule has 86 valence electrons. The van der Waals surface area contributed by atoms with Gasteiger partial charge < -0.3 is 15.1 Å². The molecule has 0 aromatic heterocycles. The number of nitrogens with one attached hydrogen (secondary N) is 1. The molecule has 1 aromatic carbocycles. The molecule has 0 radical (unpaired) electrons. The second-order valence-corrected chi connectivity index (χ2v) is 4.09. The van der Waals surface area contributed by atoms with E-state index in [1.54, 1.807) is 0 Å². The second kappa shape index (κ2) is 4.73. The topological polar surface area (TPSA) is 119 Å². The summed E-state index contributed by atoms with van der Waals surface area (Å²) in [6, 6.07) is 4.61. The van der Waals surface area contributed by atoms with Crippen molar-refractivity contribution in [3.05, 3.63) is 24.3 Å². The summed E-state index contributed by atoms with van der Waals surface area (Å²) in [7, 11) is -4.49. The van der Waals surface area contributed by atoms with Gasteiger partial charge in [0.2, 0.25) is 0 Å². The molecule has 16 heavy (non-hydrogen) atoms. The van der Waals surface area contributed by atoms with Crippen molar-refractivity contribution >= 4 is 27.9 Å². The van der Waals surface area contributed by atoms with Crippen molar-refractivity contribution in [3.8, 4) is 0 Å². The van der Waals surface area contributed by atoms with Gasteiger partial charge in [-0.1, -0.05) is 5.16 Å². The first kappa shape index (κ1) is 12.1. The number of rotatable bonds is 3. The van der Waals surface area contributed by atoms with Crippen molar-refractivity contribution in [2.24, 2.45) is 5.16 Å². The Hall–Kier alpha value is -1.93. The van der Waals surface area contributed by atoms with E-state index < -0.39 is 16.0 Å². The zero-order valence-electron chi connectivity index (χ0n) is 7.82. The molecule has 7 nitrogen and oxygen atoms in total. The molecule has 0 atom stereocenters. The molecule has 0 fully saturated rings. The van der Waals surface area contributed by atoms with Gasteiger partial charge in [-0.05, 0) is 24.3 Å². The third kappa shape index (κ3) is 3.33. The molecule has 0 aliphatic heterocycles. The van der Waals surface area contributed by atoms with Crippen LogP contribution in [0, 0.1) is 0 Å². The fraction of sp³-hybridized carbons (Fsp3) is 0. The predicted octanol–water partition coefficient (Wildman–Crippen LogP) is -0.0108.